The monoisotopic (exact) mass is 372 g/mol. The van der Waals surface area contributed by atoms with Crippen molar-refractivity contribution in [1.82, 2.24) is 14.3 Å². The van der Waals surface area contributed by atoms with Gasteiger partial charge in [0, 0.05) is 20.2 Å². The summed E-state index contributed by atoms with van der Waals surface area (Å²) in [7, 11) is 2.63. The van der Waals surface area contributed by atoms with E-state index in [2.05, 4.69) is 10.5 Å². The van der Waals surface area contributed by atoms with Crippen LogP contribution in [0.2, 0.25) is 0 Å². The van der Waals surface area contributed by atoms with E-state index in [1.54, 1.807) is 19.9 Å². The van der Waals surface area contributed by atoms with E-state index in [1.807, 2.05) is 0 Å². The lowest BCUT2D eigenvalue weighted by Crippen LogP contribution is -2.41. The van der Waals surface area contributed by atoms with E-state index in [-0.39, 0.29) is 22.8 Å². The Morgan fingerprint density at radius 3 is 2.44 bits per heavy atom. The van der Waals surface area contributed by atoms with Gasteiger partial charge in [-0.05, 0) is 31.5 Å². The number of benzene rings is 1. The Morgan fingerprint density at radius 2 is 1.85 bits per heavy atom. The summed E-state index contributed by atoms with van der Waals surface area (Å²) in [5.74, 6) is -1.06. The van der Waals surface area contributed by atoms with Crippen molar-refractivity contribution in [3.05, 3.63) is 73.5 Å². The van der Waals surface area contributed by atoms with Crippen LogP contribution in [-0.4, -0.2) is 20.1 Å². The number of carbonyl (C=O) groups excluding carboxylic acids is 1. The molecule has 0 spiro atoms. The number of carbonyl (C=O) groups is 1. The number of hydrogen-bond donors (Lipinski definition) is 1. The van der Waals surface area contributed by atoms with Crippen LogP contribution in [0, 0.1) is 19.7 Å². The van der Waals surface area contributed by atoms with E-state index in [9.17, 15) is 18.8 Å². The molecule has 140 valence electrons. The van der Waals surface area contributed by atoms with Crippen molar-refractivity contribution in [2.24, 2.45) is 14.1 Å². The molecule has 0 amide bonds. The molecule has 0 aliphatic heterocycles. The second-order valence-electron chi connectivity index (χ2n) is 6.19. The van der Waals surface area contributed by atoms with E-state index in [1.165, 1.54) is 32.3 Å². The fourth-order valence-corrected chi connectivity index (χ4v) is 2.65. The zero-order valence-electron chi connectivity index (χ0n) is 15.2. The summed E-state index contributed by atoms with van der Waals surface area (Å²) in [6, 6.07) is 5.79. The summed E-state index contributed by atoms with van der Waals surface area (Å²) in [6.45, 7) is 3.33. The topological polar surface area (TPSA) is 99.1 Å². The first-order chi connectivity index (χ1) is 12.7. The fraction of sp³-hybridized carbons (Fsp3) is 0.222. The maximum absolute atomic E-state index is 14.3. The third kappa shape index (κ3) is 3.19. The number of nitrogens with one attached hydrogen (secondary N) is 1. The van der Waals surface area contributed by atoms with E-state index < -0.39 is 22.8 Å². The highest BCUT2D eigenvalue weighted by Crippen LogP contribution is 2.23. The lowest BCUT2D eigenvalue weighted by Gasteiger charge is -2.16. The molecule has 8 nitrogen and oxygen atoms in total. The van der Waals surface area contributed by atoms with Gasteiger partial charge in [-0.25, -0.2) is 9.18 Å². The number of aryl methyl sites for hydroxylation is 2. The van der Waals surface area contributed by atoms with Gasteiger partial charge < -0.3 is 9.84 Å². The van der Waals surface area contributed by atoms with Crippen LogP contribution in [0.3, 0.4) is 0 Å². The van der Waals surface area contributed by atoms with Crippen LogP contribution in [0.5, 0.6) is 0 Å². The van der Waals surface area contributed by atoms with Crippen LogP contribution >= 0.6 is 0 Å². The molecule has 0 atom stereocenters. The Kier molecular flexibility index (Phi) is 4.52. The highest BCUT2D eigenvalue weighted by Gasteiger charge is 2.26. The van der Waals surface area contributed by atoms with Crippen LogP contribution in [0.15, 0.2) is 38.4 Å². The summed E-state index contributed by atoms with van der Waals surface area (Å²) < 4.78 is 21.0. The Hall–Kier alpha value is -3.49. The minimum Gasteiger partial charge on any atom is -0.361 e. The lowest BCUT2D eigenvalue weighted by atomic mass is 10.1. The molecule has 0 saturated heterocycles. The molecule has 27 heavy (non-hydrogen) atoms. The molecule has 0 unspecified atom stereocenters. The van der Waals surface area contributed by atoms with Gasteiger partial charge in [-0.2, -0.15) is 0 Å². The van der Waals surface area contributed by atoms with Gasteiger partial charge >= 0.3 is 5.69 Å². The van der Waals surface area contributed by atoms with Gasteiger partial charge in [-0.1, -0.05) is 11.2 Å². The maximum Gasteiger partial charge on any atom is 0.332 e. The SMILES string of the molecule is Cc1ccc(Nc2c(C(=O)c3cc(C)on3)c(=O)n(C)c(=O)n2C)c(F)c1. The molecule has 3 aromatic rings. The van der Waals surface area contributed by atoms with Gasteiger partial charge in [0.15, 0.2) is 5.69 Å². The molecule has 0 aliphatic carbocycles. The van der Waals surface area contributed by atoms with Crippen molar-refractivity contribution in [1.29, 1.82) is 0 Å². The average Bonchev–Trinajstić information content (AvgIpc) is 3.06. The molecule has 0 fully saturated rings. The van der Waals surface area contributed by atoms with Crippen molar-refractivity contribution in [3.8, 4) is 0 Å². The summed E-state index contributed by atoms with van der Waals surface area (Å²) in [5.41, 5.74) is -1.19. The molecule has 9 heteroatoms. The highest BCUT2D eigenvalue weighted by atomic mass is 19.1. The van der Waals surface area contributed by atoms with Crippen molar-refractivity contribution in [2.75, 3.05) is 5.32 Å². The van der Waals surface area contributed by atoms with Gasteiger partial charge in [0.25, 0.3) is 5.56 Å². The Labute approximate surface area is 152 Å². The van der Waals surface area contributed by atoms with Crippen molar-refractivity contribution in [2.45, 2.75) is 13.8 Å². The summed E-state index contributed by atoms with van der Waals surface area (Å²) in [6.07, 6.45) is 0. The molecule has 0 bridgehead atoms. The number of nitrogens with zero attached hydrogens (tertiary/aromatic N) is 3. The predicted molar refractivity (Wildman–Crippen MR) is 96.0 cm³/mol. The minimum absolute atomic E-state index is 0.0224. The maximum atomic E-state index is 14.3. The first kappa shape index (κ1) is 18.3. The molecule has 1 N–H and O–H groups in total. The zero-order valence-corrected chi connectivity index (χ0v) is 15.2. The highest BCUT2D eigenvalue weighted by molar-refractivity contribution is 6.10. The molecule has 0 aliphatic rings. The van der Waals surface area contributed by atoms with E-state index in [0.717, 1.165) is 9.13 Å². The quantitative estimate of drug-likeness (QED) is 0.701. The fourth-order valence-electron chi connectivity index (χ4n) is 2.65. The van der Waals surface area contributed by atoms with Gasteiger partial charge in [0.1, 0.15) is 23.0 Å². The first-order valence-corrected chi connectivity index (χ1v) is 8.02. The van der Waals surface area contributed by atoms with Crippen LogP contribution < -0.4 is 16.6 Å². The summed E-state index contributed by atoms with van der Waals surface area (Å²) in [5, 5.41) is 6.33. The second-order valence-corrected chi connectivity index (χ2v) is 6.19. The lowest BCUT2D eigenvalue weighted by molar-refractivity contribution is 0.102. The normalized spacial score (nSPS) is 10.9. The predicted octanol–water partition coefficient (Wildman–Crippen LogP) is 1.80. The van der Waals surface area contributed by atoms with Crippen LogP contribution in [0.25, 0.3) is 0 Å². The molecular formula is C18H17FN4O4. The third-order valence-electron chi connectivity index (χ3n) is 4.13. The van der Waals surface area contributed by atoms with Gasteiger partial charge in [-0.3, -0.25) is 18.7 Å². The molecule has 0 saturated carbocycles. The molecule has 1 aromatic carbocycles. The van der Waals surface area contributed by atoms with Crippen LogP contribution in [0.1, 0.15) is 27.4 Å². The van der Waals surface area contributed by atoms with E-state index in [0.29, 0.717) is 11.3 Å². The largest absolute Gasteiger partial charge is 0.361 e. The number of anilines is 2. The number of halogens is 1. The Bertz CT molecular complexity index is 1170. The number of ketones is 1. The summed E-state index contributed by atoms with van der Waals surface area (Å²) in [4.78, 5) is 37.8. The molecule has 3 rings (SSSR count). The summed E-state index contributed by atoms with van der Waals surface area (Å²) >= 11 is 0. The second kappa shape index (κ2) is 6.67. The minimum atomic E-state index is -0.821. The number of rotatable bonds is 4. The van der Waals surface area contributed by atoms with Crippen LogP contribution in [-0.2, 0) is 14.1 Å². The number of aromatic nitrogens is 3. The Morgan fingerprint density at radius 1 is 1.15 bits per heavy atom. The zero-order chi connectivity index (χ0) is 19.9. The smallest absolute Gasteiger partial charge is 0.332 e. The van der Waals surface area contributed by atoms with E-state index >= 15 is 0 Å². The standard InChI is InChI=1S/C18H17FN4O4/c1-9-5-6-12(11(19)7-9)20-16-14(15(24)13-8-10(2)27-21-13)17(25)23(4)18(26)22(16)3/h5-8,20H,1-4H3. The van der Waals surface area contributed by atoms with Crippen molar-refractivity contribution >= 4 is 17.3 Å². The van der Waals surface area contributed by atoms with Gasteiger partial charge in [-0.15, -0.1) is 0 Å². The van der Waals surface area contributed by atoms with E-state index in [4.69, 9.17) is 4.52 Å². The van der Waals surface area contributed by atoms with Crippen LogP contribution in [0.4, 0.5) is 15.9 Å². The van der Waals surface area contributed by atoms with Crippen molar-refractivity contribution < 1.29 is 13.7 Å². The number of hydrogen-bond acceptors (Lipinski definition) is 6. The average molecular weight is 372 g/mol. The van der Waals surface area contributed by atoms with Crippen molar-refractivity contribution in [3.63, 3.8) is 0 Å². The van der Waals surface area contributed by atoms with Gasteiger partial charge in [0.05, 0.1) is 5.69 Å². The molecular weight excluding hydrogens is 355 g/mol. The molecule has 2 aromatic heterocycles. The molecule has 2 heterocycles. The Balaban J connectivity index is 2.24. The first-order valence-electron chi connectivity index (χ1n) is 8.02. The van der Waals surface area contributed by atoms with Gasteiger partial charge in [0.2, 0.25) is 5.78 Å². The molecule has 0 radical (unpaired) electrons. The third-order valence-corrected chi connectivity index (χ3v) is 4.13.